The van der Waals surface area contributed by atoms with Gasteiger partial charge in [0, 0.05) is 23.1 Å². The van der Waals surface area contributed by atoms with E-state index in [2.05, 4.69) is 47.9 Å². The van der Waals surface area contributed by atoms with E-state index in [9.17, 15) is 9.90 Å². The van der Waals surface area contributed by atoms with Gasteiger partial charge in [-0.2, -0.15) is 0 Å². The lowest BCUT2D eigenvalue weighted by molar-refractivity contribution is -0.136. The van der Waals surface area contributed by atoms with Crippen molar-refractivity contribution in [3.05, 3.63) is 89.6 Å². The lowest BCUT2D eigenvalue weighted by Gasteiger charge is -2.15. The lowest BCUT2D eigenvalue weighted by atomic mass is 9.99. The minimum absolute atomic E-state index is 0.000172. The van der Waals surface area contributed by atoms with E-state index in [-0.39, 0.29) is 6.42 Å². The van der Waals surface area contributed by atoms with Crippen LogP contribution in [0.4, 0.5) is 0 Å². The Kier molecular flexibility index (Phi) is 5.57. The highest BCUT2D eigenvalue weighted by atomic mass is 16.5. The second-order valence-electron chi connectivity index (χ2n) is 7.34. The number of carboxylic acid groups (broad SMARTS) is 1. The van der Waals surface area contributed by atoms with Crippen LogP contribution >= 0.6 is 0 Å². The summed E-state index contributed by atoms with van der Waals surface area (Å²) < 4.78 is 7.66. The van der Waals surface area contributed by atoms with Crippen LogP contribution in [0.15, 0.2) is 72.8 Å². The predicted octanol–water partition coefficient (Wildman–Crippen LogP) is 5.55. The first kappa shape index (κ1) is 19.8. The SMILES string of the molecule is CCc1c(CC(=O)O)c2cc(OC)ccc2n1Cc1ccccc1-c1ccccc1. The van der Waals surface area contributed by atoms with Crippen LogP contribution in [0.25, 0.3) is 22.0 Å². The third-order valence-electron chi connectivity index (χ3n) is 5.59. The van der Waals surface area contributed by atoms with Gasteiger partial charge in [-0.1, -0.05) is 61.5 Å². The van der Waals surface area contributed by atoms with Gasteiger partial charge in [-0.3, -0.25) is 4.79 Å². The molecule has 0 atom stereocenters. The molecule has 1 aromatic heterocycles. The Balaban J connectivity index is 1.89. The number of nitrogens with zero attached hydrogens (tertiary/aromatic N) is 1. The minimum atomic E-state index is -0.823. The zero-order chi connectivity index (χ0) is 21.1. The van der Waals surface area contributed by atoms with E-state index in [4.69, 9.17) is 4.74 Å². The zero-order valence-electron chi connectivity index (χ0n) is 17.3. The van der Waals surface area contributed by atoms with Gasteiger partial charge in [0.1, 0.15) is 5.75 Å². The van der Waals surface area contributed by atoms with E-state index >= 15 is 0 Å². The van der Waals surface area contributed by atoms with E-state index in [1.165, 1.54) is 16.7 Å². The van der Waals surface area contributed by atoms with Gasteiger partial charge in [-0.05, 0) is 46.9 Å². The molecule has 4 rings (SSSR count). The maximum absolute atomic E-state index is 11.6. The highest BCUT2D eigenvalue weighted by Gasteiger charge is 2.19. The molecule has 152 valence electrons. The largest absolute Gasteiger partial charge is 0.497 e. The zero-order valence-corrected chi connectivity index (χ0v) is 17.3. The first-order chi connectivity index (χ1) is 14.6. The number of rotatable bonds is 7. The summed E-state index contributed by atoms with van der Waals surface area (Å²) >= 11 is 0. The maximum Gasteiger partial charge on any atom is 0.307 e. The number of aromatic nitrogens is 1. The molecule has 1 N–H and O–H groups in total. The molecule has 1 heterocycles. The number of benzene rings is 3. The number of carboxylic acids is 1. The lowest BCUT2D eigenvalue weighted by Crippen LogP contribution is -2.08. The van der Waals surface area contributed by atoms with E-state index < -0.39 is 5.97 Å². The molecule has 4 aromatic rings. The maximum atomic E-state index is 11.6. The van der Waals surface area contributed by atoms with Gasteiger partial charge in [0.2, 0.25) is 0 Å². The number of carbonyl (C=O) groups is 1. The Morgan fingerprint density at radius 1 is 1.00 bits per heavy atom. The molecule has 0 saturated heterocycles. The van der Waals surface area contributed by atoms with Crippen molar-refractivity contribution in [2.45, 2.75) is 26.3 Å². The molecule has 4 nitrogen and oxygen atoms in total. The summed E-state index contributed by atoms with van der Waals surface area (Å²) in [4.78, 5) is 11.6. The van der Waals surface area contributed by atoms with E-state index in [0.29, 0.717) is 6.54 Å². The second kappa shape index (κ2) is 8.46. The van der Waals surface area contributed by atoms with Gasteiger partial charge in [0.05, 0.1) is 13.5 Å². The van der Waals surface area contributed by atoms with Crippen LogP contribution in [0.5, 0.6) is 5.75 Å². The highest BCUT2D eigenvalue weighted by Crippen LogP contribution is 2.33. The smallest absolute Gasteiger partial charge is 0.307 e. The normalized spacial score (nSPS) is 11.0. The summed E-state index contributed by atoms with van der Waals surface area (Å²) in [6.45, 7) is 2.76. The number of hydrogen-bond acceptors (Lipinski definition) is 2. The number of methoxy groups -OCH3 is 1. The topological polar surface area (TPSA) is 51.5 Å². The molecule has 0 bridgehead atoms. The van der Waals surface area contributed by atoms with Crippen molar-refractivity contribution in [1.29, 1.82) is 0 Å². The predicted molar refractivity (Wildman–Crippen MR) is 120 cm³/mol. The molecule has 0 aliphatic carbocycles. The summed E-state index contributed by atoms with van der Waals surface area (Å²) in [6.07, 6.45) is 0.757. The van der Waals surface area contributed by atoms with Crippen LogP contribution in [-0.4, -0.2) is 22.8 Å². The van der Waals surface area contributed by atoms with Gasteiger partial charge < -0.3 is 14.4 Å². The number of ether oxygens (including phenoxy) is 1. The van der Waals surface area contributed by atoms with Crippen LogP contribution < -0.4 is 4.74 Å². The Morgan fingerprint density at radius 3 is 2.43 bits per heavy atom. The summed E-state index contributed by atoms with van der Waals surface area (Å²) in [5, 5.41) is 10.5. The third-order valence-corrected chi connectivity index (χ3v) is 5.59. The molecule has 0 amide bonds. The first-order valence-electron chi connectivity index (χ1n) is 10.2. The van der Waals surface area contributed by atoms with Crippen molar-refractivity contribution in [2.75, 3.05) is 7.11 Å². The van der Waals surface area contributed by atoms with Crippen molar-refractivity contribution in [3.8, 4) is 16.9 Å². The average Bonchev–Trinajstić information content (AvgIpc) is 3.05. The Labute approximate surface area is 176 Å². The Bertz CT molecular complexity index is 1190. The minimum Gasteiger partial charge on any atom is -0.497 e. The molecular weight excluding hydrogens is 374 g/mol. The molecule has 3 aromatic carbocycles. The van der Waals surface area contributed by atoms with Gasteiger partial charge >= 0.3 is 5.97 Å². The van der Waals surface area contributed by atoms with E-state index in [1.54, 1.807) is 7.11 Å². The molecule has 0 radical (unpaired) electrons. The number of aliphatic carboxylic acids is 1. The van der Waals surface area contributed by atoms with Crippen molar-refractivity contribution in [1.82, 2.24) is 4.57 Å². The van der Waals surface area contributed by atoms with Crippen molar-refractivity contribution in [3.63, 3.8) is 0 Å². The standard InChI is InChI=1S/C26H25NO3/c1-3-24-23(16-26(28)29)22-15-20(30-2)13-14-25(22)27(24)17-19-11-7-8-12-21(19)18-9-5-4-6-10-18/h4-15H,3,16-17H2,1-2H3,(H,28,29). The Hall–Kier alpha value is -3.53. The molecule has 0 saturated carbocycles. The molecule has 0 aliphatic rings. The van der Waals surface area contributed by atoms with Crippen molar-refractivity contribution < 1.29 is 14.6 Å². The Morgan fingerprint density at radius 2 is 1.73 bits per heavy atom. The fourth-order valence-corrected chi connectivity index (χ4v) is 4.24. The van der Waals surface area contributed by atoms with Crippen molar-refractivity contribution >= 4 is 16.9 Å². The molecule has 0 unspecified atom stereocenters. The fraction of sp³-hybridized carbons (Fsp3) is 0.192. The highest BCUT2D eigenvalue weighted by molar-refractivity contribution is 5.90. The van der Waals surface area contributed by atoms with Crippen LogP contribution in [-0.2, 0) is 24.2 Å². The molecular formula is C26H25NO3. The van der Waals surface area contributed by atoms with Crippen molar-refractivity contribution in [2.24, 2.45) is 0 Å². The summed E-state index contributed by atoms with van der Waals surface area (Å²) in [7, 11) is 1.63. The molecule has 30 heavy (non-hydrogen) atoms. The van der Waals surface area contributed by atoms with Gasteiger partial charge in [0.25, 0.3) is 0 Å². The average molecular weight is 399 g/mol. The first-order valence-corrected chi connectivity index (χ1v) is 10.2. The van der Waals surface area contributed by atoms with E-state index in [0.717, 1.165) is 34.3 Å². The molecule has 4 heteroatoms. The summed E-state index contributed by atoms with van der Waals surface area (Å²) in [6, 6.07) is 24.7. The van der Waals surface area contributed by atoms with Gasteiger partial charge in [-0.25, -0.2) is 0 Å². The molecule has 0 fully saturated rings. The third kappa shape index (κ3) is 3.69. The molecule has 0 spiro atoms. The summed E-state index contributed by atoms with van der Waals surface area (Å²) in [5.74, 6) is -0.0881. The number of hydrogen-bond donors (Lipinski definition) is 1. The summed E-state index contributed by atoms with van der Waals surface area (Å²) in [5.41, 5.74) is 6.53. The molecule has 0 aliphatic heterocycles. The van der Waals surface area contributed by atoms with E-state index in [1.807, 2.05) is 36.4 Å². The van der Waals surface area contributed by atoms with Crippen LogP contribution in [0.2, 0.25) is 0 Å². The van der Waals surface area contributed by atoms with Gasteiger partial charge in [-0.15, -0.1) is 0 Å². The quantitative estimate of drug-likeness (QED) is 0.443. The monoisotopic (exact) mass is 399 g/mol. The second-order valence-corrected chi connectivity index (χ2v) is 7.34. The van der Waals surface area contributed by atoms with Gasteiger partial charge in [0.15, 0.2) is 0 Å². The number of fused-ring (bicyclic) bond motifs is 1. The van der Waals surface area contributed by atoms with Crippen LogP contribution in [0.3, 0.4) is 0 Å². The fourth-order valence-electron chi connectivity index (χ4n) is 4.24. The van der Waals surface area contributed by atoms with Crippen LogP contribution in [0, 0.1) is 0 Å². The van der Waals surface area contributed by atoms with Crippen LogP contribution in [0.1, 0.15) is 23.7 Å².